The monoisotopic (exact) mass is 845 g/mol. The Morgan fingerprint density at radius 3 is 2.21 bits per heavy atom. The third kappa shape index (κ3) is 7.41. The van der Waals surface area contributed by atoms with Gasteiger partial charge in [0.25, 0.3) is 5.88 Å². The van der Waals surface area contributed by atoms with Gasteiger partial charge in [-0.25, -0.2) is 4.39 Å². The van der Waals surface area contributed by atoms with Gasteiger partial charge in [-0.1, -0.05) is 93.6 Å². The van der Waals surface area contributed by atoms with E-state index in [2.05, 4.69) is 44.4 Å². The maximum Gasteiger partial charge on any atom is 0.265 e. The zero-order chi connectivity index (χ0) is 43.3. The van der Waals surface area contributed by atoms with Crippen LogP contribution < -0.4 is 14.8 Å². The quantitative estimate of drug-likeness (QED) is 0.0721. The van der Waals surface area contributed by atoms with E-state index in [9.17, 15) is 5.11 Å². The lowest BCUT2D eigenvalue weighted by atomic mass is 9.57. The van der Waals surface area contributed by atoms with Crippen molar-refractivity contribution in [3.8, 4) is 11.6 Å². The van der Waals surface area contributed by atoms with Crippen LogP contribution in [0.4, 0.5) is 4.39 Å². The molecule has 2 N–H and O–H groups in total. The molecule has 1 aliphatic heterocycles. The van der Waals surface area contributed by atoms with Crippen molar-refractivity contribution in [2.75, 3.05) is 19.6 Å². The molecule has 1 aromatic heterocycles. The second-order valence-corrected chi connectivity index (χ2v) is 23.0. The molecule has 1 unspecified atom stereocenters. The molecule has 0 radical (unpaired) electrons. The number of nitrogens with zero attached hydrogens (tertiary/aromatic N) is 2. The van der Waals surface area contributed by atoms with Gasteiger partial charge in [0.2, 0.25) is 11.6 Å². The second kappa shape index (κ2) is 16.6. The first-order valence-electron chi connectivity index (χ1n) is 21.3. The van der Waals surface area contributed by atoms with Crippen molar-refractivity contribution in [3.63, 3.8) is 0 Å². The molecule has 320 valence electrons. The van der Waals surface area contributed by atoms with Gasteiger partial charge in [0, 0.05) is 41.7 Å². The van der Waals surface area contributed by atoms with Gasteiger partial charge in [0.15, 0.2) is 19.7 Å². The molecular weight excluding hydrogens is 790 g/mol. The number of rotatable bonds is 14. The molecule has 61 heavy (non-hydrogen) atoms. The van der Waals surface area contributed by atoms with Crippen LogP contribution in [0.3, 0.4) is 0 Å². The highest BCUT2D eigenvalue weighted by Crippen LogP contribution is 2.59. The summed E-state index contributed by atoms with van der Waals surface area (Å²) in [4.78, 5) is 33.9. The van der Waals surface area contributed by atoms with Gasteiger partial charge in [-0.2, -0.15) is 0 Å². The number of hydrogen-bond acceptors (Lipinski definition) is 10. The van der Waals surface area contributed by atoms with Gasteiger partial charge in [0.1, 0.15) is 36.1 Å². The number of Topliss-reactive ketones (excluding diaryl/α,β-unsaturated/α-hetero) is 2. The predicted octanol–water partition coefficient (Wildman–Crippen LogP) is 9.80. The Morgan fingerprint density at radius 2 is 1.62 bits per heavy atom. The summed E-state index contributed by atoms with van der Waals surface area (Å²) in [5.41, 5.74) is 0.560. The van der Waals surface area contributed by atoms with Crippen molar-refractivity contribution < 1.29 is 37.5 Å². The Morgan fingerprint density at radius 1 is 0.984 bits per heavy atom. The summed E-state index contributed by atoms with van der Waals surface area (Å²) in [5, 5.41) is 20.0. The number of fused-ring (bicyclic) bond motifs is 4. The molecular formula is C49H56FN3O7Si. The molecule has 0 amide bonds. The van der Waals surface area contributed by atoms with Crippen LogP contribution in [0.15, 0.2) is 102 Å². The summed E-state index contributed by atoms with van der Waals surface area (Å²) >= 11 is 0. The summed E-state index contributed by atoms with van der Waals surface area (Å²) in [6.07, 6.45) is 5.44. The van der Waals surface area contributed by atoms with E-state index < -0.39 is 60.0 Å². The van der Waals surface area contributed by atoms with Crippen molar-refractivity contribution in [3.05, 3.63) is 143 Å². The largest absolute Gasteiger partial charge is 0.507 e. The number of carbonyl (C=O) groups excluding carboxylic acids is 2. The molecule has 12 heteroatoms. The van der Waals surface area contributed by atoms with E-state index in [1.807, 2.05) is 78.7 Å². The molecule has 2 heterocycles. The Kier molecular flexibility index (Phi) is 11.6. The fourth-order valence-corrected chi connectivity index (χ4v) is 11.0. The van der Waals surface area contributed by atoms with Crippen molar-refractivity contribution in [1.29, 1.82) is 0 Å². The lowest BCUT2D eigenvalue weighted by molar-refractivity contribution is -0.141. The topological polar surface area (TPSA) is 123 Å². The number of ketones is 2. The first kappa shape index (κ1) is 42.5. The van der Waals surface area contributed by atoms with Gasteiger partial charge in [-0.05, 0) is 78.6 Å². The number of nitrogens with one attached hydrogen (secondary N) is 1. The van der Waals surface area contributed by atoms with Gasteiger partial charge < -0.3 is 28.8 Å². The standard InChI is InChI=1S/C49H56FN3O7Si/c1-8-23-53(24-9-2)42-35-26-32-25-34-39(37(57-28-30-17-12-10-13-18-30)27-33(41(34)50)36-21-16-22-51-36)43(54)38(32)45(55)49(35,60-61(6,7)48(3,4)5)46(56)40-44(42)59-52-47(40)58-29-31-19-14-11-15-20-31/h8-15,17-20,27,32,35-36,42,51,54H,1-2,16,21-26,28-29H2,3-7H3/t32-,35-,36?,42-,49-/m0/s1. The minimum Gasteiger partial charge on any atom is -0.507 e. The third-order valence-electron chi connectivity index (χ3n) is 13.5. The van der Waals surface area contributed by atoms with E-state index in [4.69, 9.17) is 18.4 Å². The van der Waals surface area contributed by atoms with Crippen LogP contribution in [0.25, 0.3) is 5.76 Å². The van der Waals surface area contributed by atoms with Crippen molar-refractivity contribution in [2.24, 2.45) is 11.8 Å². The molecule has 4 aromatic rings. The second-order valence-electron chi connectivity index (χ2n) is 18.3. The Balaban J connectivity index is 1.34. The smallest absolute Gasteiger partial charge is 0.265 e. The molecule has 3 aliphatic carbocycles. The SMILES string of the molecule is C=CCN(CC=C)[C@@H]1c2onc(OCc3ccccc3)c2C(=O)[C@@]2(O[Si](C)(C)C(C)(C)C)C(=O)C3=C(O)c4c(OCc5ccccc5)cc(C5CCCN5)c(F)c4C[C@H]3C[C@@H]12. The van der Waals surface area contributed by atoms with E-state index in [0.717, 1.165) is 30.5 Å². The highest BCUT2D eigenvalue weighted by molar-refractivity contribution is 6.74. The van der Waals surface area contributed by atoms with Gasteiger partial charge in [-0.15, -0.1) is 13.2 Å². The number of carbonyl (C=O) groups is 2. The van der Waals surface area contributed by atoms with Crippen LogP contribution in [0.1, 0.15) is 96.1 Å². The molecule has 0 bridgehead atoms. The van der Waals surface area contributed by atoms with Crippen LogP contribution in [0, 0.1) is 17.7 Å². The highest BCUT2D eigenvalue weighted by atomic mass is 28.4. The fraction of sp³-hybridized carbons (Fsp3) is 0.408. The first-order chi connectivity index (χ1) is 29.2. The zero-order valence-electron chi connectivity index (χ0n) is 35.8. The summed E-state index contributed by atoms with van der Waals surface area (Å²) in [6, 6.07) is 19.8. The normalized spacial score (nSPS) is 23.6. The molecule has 2 fully saturated rings. The number of ether oxygens (including phenoxy) is 2. The van der Waals surface area contributed by atoms with E-state index in [0.29, 0.717) is 18.7 Å². The lowest BCUT2D eigenvalue weighted by Gasteiger charge is -2.55. The lowest BCUT2D eigenvalue weighted by Crippen LogP contribution is -2.68. The van der Waals surface area contributed by atoms with Crippen LogP contribution in [-0.2, 0) is 28.9 Å². The number of hydrogen-bond donors (Lipinski definition) is 2. The summed E-state index contributed by atoms with van der Waals surface area (Å²) in [6.45, 7) is 19.9. The molecule has 3 aromatic carbocycles. The molecule has 1 saturated carbocycles. The molecule has 5 atom stereocenters. The number of aromatic nitrogens is 1. The molecule has 8 rings (SSSR count). The number of halogens is 1. The van der Waals surface area contributed by atoms with Crippen LogP contribution >= 0.6 is 0 Å². The minimum absolute atomic E-state index is 0.0312. The molecule has 4 aliphatic rings. The van der Waals surface area contributed by atoms with E-state index >= 15 is 14.0 Å². The number of benzene rings is 3. The van der Waals surface area contributed by atoms with Gasteiger partial charge >= 0.3 is 0 Å². The van der Waals surface area contributed by atoms with E-state index in [1.165, 1.54) is 0 Å². The Hall–Kier alpha value is -5.14. The Labute approximate surface area is 358 Å². The zero-order valence-corrected chi connectivity index (χ0v) is 36.8. The fourth-order valence-electron chi connectivity index (χ4n) is 9.52. The number of aliphatic hydroxyl groups is 1. The summed E-state index contributed by atoms with van der Waals surface area (Å²) in [5.74, 6) is -3.12. The minimum atomic E-state index is -3.02. The number of aliphatic hydroxyl groups excluding tert-OH is 1. The van der Waals surface area contributed by atoms with Crippen molar-refractivity contribution in [2.45, 2.75) is 95.5 Å². The average molecular weight is 846 g/mol. The van der Waals surface area contributed by atoms with Crippen LogP contribution in [-0.4, -0.2) is 60.3 Å². The van der Waals surface area contributed by atoms with Crippen molar-refractivity contribution in [1.82, 2.24) is 15.4 Å². The molecule has 10 nitrogen and oxygen atoms in total. The van der Waals surface area contributed by atoms with Crippen molar-refractivity contribution >= 4 is 25.6 Å². The van der Waals surface area contributed by atoms with E-state index in [-0.39, 0.29) is 71.8 Å². The van der Waals surface area contributed by atoms with Crippen LogP contribution in [0.5, 0.6) is 11.6 Å². The maximum absolute atomic E-state index is 17.1. The molecule has 1 saturated heterocycles. The summed E-state index contributed by atoms with van der Waals surface area (Å²) in [7, 11) is -3.02. The third-order valence-corrected chi connectivity index (χ3v) is 17.9. The first-order valence-corrected chi connectivity index (χ1v) is 24.2. The molecule has 0 spiro atoms. The predicted molar refractivity (Wildman–Crippen MR) is 234 cm³/mol. The maximum atomic E-state index is 17.1. The highest BCUT2D eigenvalue weighted by Gasteiger charge is 2.69. The van der Waals surface area contributed by atoms with Crippen LogP contribution in [0.2, 0.25) is 18.1 Å². The van der Waals surface area contributed by atoms with Gasteiger partial charge in [0.05, 0.1) is 11.6 Å². The summed E-state index contributed by atoms with van der Waals surface area (Å²) < 4.78 is 43.4. The average Bonchev–Trinajstić information content (AvgIpc) is 3.93. The van der Waals surface area contributed by atoms with Gasteiger partial charge in [-0.3, -0.25) is 14.5 Å². The Bertz CT molecular complexity index is 2360. The van der Waals surface area contributed by atoms with E-state index in [1.54, 1.807) is 18.2 Å².